The van der Waals surface area contributed by atoms with E-state index in [1.165, 1.54) is 6.07 Å². The molecule has 8 heteroatoms. The minimum absolute atomic E-state index is 0.0634. The Balaban J connectivity index is 3.15. The van der Waals surface area contributed by atoms with E-state index >= 15 is 0 Å². The van der Waals surface area contributed by atoms with Crippen LogP contribution in [0.15, 0.2) is 23.1 Å². The SMILES string of the molecule is CC(C)COC(=O)c1ccc(C(=O)OCC(C)C)c(S(=O)(=O)O)c1. The van der Waals surface area contributed by atoms with E-state index in [0.717, 1.165) is 12.1 Å². The van der Waals surface area contributed by atoms with E-state index in [2.05, 4.69) is 0 Å². The normalized spacial score (nSPS) is 11.6. The minimum atomic E-state index is -4.71. The van der Waals surface area contributed by atoms with Gasteiger partial charge >= 0.3 is 11.9 Å². The Labute approximate surface area is 141 Å². The van der Waals surface area contributed by atoms with Crippen molar-refractivity contribution in [1.82, 2.24) is 0 Å². The van der Waals surface area contributed by atoms with E-state index in [9.17, 15) is 22.6 Å². The van der Waals surface area contributed by atoms with Crippen molar-refractivity contribution in [1.29, 1.82) is 0 Å². The third kappa shape index (κ3) is 5.93. The summed E-state index contributed by atoms with van der Waals surface area (Å²) < 4.78 is 42.4. The molecule has 0 aliphatic heterocycles. The zero-order valence-corrected chi connectivity index (χ0v) is 14.9. The van der Waals surface area contributed by atoms with Crippen molar-refractivity contribution in [2.75, 3.05) is 13.2 Å². The smallest absolute Gasteiger partial charge is 0.339 e. The van der Waals surface area contributed by atoms with E-state index in [1.807, 2.05) is 27.7 Å². The van der Waals surface area contributed by atoms with Crippen molar-refractivity contribution in [2.45, 2.75) is 32.6 Å². The predicted octanol–water partition coefficient (Wildman–Crippen LogP) is 2.56. The number of rotatable bonds is 7. The summed E-state index contributed by atoms with van der Waals surface area (Å²) in [6.07, 6.45) is 0. The lowest BCUT2D eigenvalue weighted by molar-refractivity contribution is 0.0441. The Bertz CT molecular complexity index is 705. The van der Waals surface area contributed by atoms with Gasteiger partial charge in [-0.25, -0.2) is 9.59 Å². The quantitative estimate of drug-likeness (QED) is 0.589. The third-order valence-corrected chi connectivity index (χ3v) is 3.70. The second-order valence-corrected chi connectivity index (χ2v) is 7.56. The average molecular weight is 358 g/mol. The first kappa shape index (κ1) is 20.1. The molecule has 0 aliphatic carbocycles. The Morgan fingerprint density at radius 1 is 1.00 bits per heavy atom. The summed E-state index contributed by atoms with van der Waals surface area (Å²) in [6.45, 7) is 7.62. The van der Waals surface area contributed by atoms with Crippen LogP contribution in [0.3, 0.4) is 0 Å². The van der Waals surface area contributed by atoms with Gasteiger partial charge in [0.2, 0.25) is 0 Å². The van der Waals surface area contributed by atoms with Gasteiger partial charge < -0.3 is 9.47 Å². The van der Waals surface area contributed by atoms with Gasteiger partial charge in [0.15, 0.2) is 0 Å². The van der Waals surface area contributed by atoms with Crippen molar-refractivity contribution in [3.63, 3.8) is 0 Å². The molecule has 1 aromatic rings. The second kappa shape index (κ2) is 8.25. The van der Waals surface area contributed by atoms with Gasteiger partial charge in [-0.15, -0.1) is 0 Å². The molecule has 0 amide bonds. The molecular formula is C16H22O7S. The van der Waals surface area contributed by atoms with Gasteiger partial charge in [0.05, 0.1) is 24.3 Å². The zero-order chi connectivity index (χ0) is 18.5. The lowest BCUT2D eigenvalue weighted by atomic mass is 10.1. The number of hydrogen-bond acceptors (Lipinski definition) is 6. The summed E-state index contributed by atoms with van der Waals surface area (Å²) in [6, 6.07) is 3.28. The molecule has 0 aliphatic rings. The van der Waals surface area contributed by atoms with Crippen molar-refractivity contribution >= 4 is 22.1 Å². The van der Waals surface area contributed by atoms with Crippen molar-refractivity contribution < 1.29 is 32.0 Å². The molecule has 0 saturated carbocycles. The molecule has 0 spiro atoms. The van der Waals surface area contributed by atoms with Crippen LogP contribution in [0.1, 0.15) is 48.4 Å². The summed E-state index contributed by atoms with van der Waals surface area (Å²) in [7, 11) is -4.71. The number of hydrogen-bond donors (Lipinski definition) is 1. The van der Waals surface area contributed by atoms with Crippen LogP contribution in [-0.4, -0.2) is 38.1 Å². The number of esters is 2. The molecule has 0 unspecified atom stereocenters. The van der Waals surface area contributed by atoms with Gasteiger partial charge in [0.25, 0.3) is 10.1 Å². The van der Waals surface area contributed by atoms with Gasteiger partial charge in [-0.3, -0.25) is 4.55 Å². The van der Waals surface area contributed by atoms with Crippen LogP contribution in [0.4, 0.5) is 0 Å². The van der Waals surface area contributed by atoms with Crippen LogP contribution >= 0.6 is 0 Å². The maximum atomic E-state index is 12.0. The molecule has 7 nitrogen and oxygen atoms in total. The van der Waals surface area contributed by atoms with Crippen LogP contribution in [0.5, 0.6) is 0 Å². The number of benzene rings is 1. The first-order valence-corrected chi connectivity index (χ1v) is 8.92. The molecule has 0 atom stereocenters. The van der Waals surface area contributed by atoms with Gasteiger partial charge in [0.1, 0.15) is 4.90 Å². The van der Waals surface area contributed by atoms with Crippen LogP contribution in [0.25, 0.3) is 0 Å². The Morgan fingerprint density at radius 2 is 1.50 bits per heavy atom. The number of carbonyl (C=O) groups excluding carboxylic acids is 2. The summed E-state index contributed by atoms with van der Waals surface area (Å²) in [5.41, 5.74) is -0.415. The minimum Gasteiger partial charge on any atom is -0.462 e. The molecule has 134 valence electrons. The van der Waals surface area contributed by atoms with Gasteiger partial charge in [0, 0.05) is 0 Å². The van der Waals surface area contributed by atoms with Gasteiger partial charge in [-0.05, 0) is 30.0 Å². The highest BCUT2D eigenvalue weighted by molar-refractivity contribution is 7.86. The molecule has 0 aromatic heterocycles. The fraction of sp³-hybridized carbons (Fsp3) is 0.500. The standard InChI is InChI=1S/C16H22O7S/c1-10(2)8-22-15(17)12-5-6-13(14(7-12)24(19,20)21)16(18)23-9-11(3)4/h5-7,10-11H,8-9H2,1-4H3,(H,19,20,21). The Hall–Kier alpha value is -1.93. The molecular weight excluding hydrogens is 336 g/mol. The van der Waals surface area contributed by atoms with E-state index in [0.29, 0.717) is 0 Å². The van der Waals surface area contributed by atoms with E-state index in [4.69, 9.17) is 9.47 Å². The molecule has 0 bridgehead atoms. The third-order valence-electron chi connectivity index (χ3n) is 2.81. The Morgan fingerprint density at radius 3 is 1.96 bits per heavy atom. The highest BCUT2D eigenvalue weighted by Gasteiger charge is 2.24. The molecule has 24 heavy (non-hydrogen) atoms. The van der Waals surface area contributed by atoms with Crippen molar-refractivity contribution in [2.24, 2.45) is 11.8 Å². The zero-order valence-electron chi connectivity index (χ0n) is 14.1. The summed E-state index contributed by atoms with van der Waals surface area (Å²) in [5, 5.41) is 0. The fourth-order valence-corrected chi connectivity index (χ4v) is 2.38. The summed E-state index contributed by atoms with van der Waals surface area (Å²) >= 11 is 0. The van der Waals surface area contributed by atoms with Gasteiger partial charge in [-0.1, -0.05) is 27.7 Å². The molecule has 1 aromatic carbocycles. The number of ether oxygens (including phenoxy) is 2. The highest BCUT2D eigenvalue weighted by Crippen LogP contribution is 2.20. The topological polar surface area (TPSA) is 107 Å². The fourth-order valence-electron chi connectivity index (χ4n) is 1.68. The molecule has 1 N–H and O–H groups in total. The van der Waals surface area contributed by atoms with Crippen molar-refractivity contribution in [3.8, 4) is 0 Å². The molecule has 0 radical (unpaired) electrons. The first-order valence-electron chi connectivity index (χ1n) is 7.48. The monoisotopic (exact) mass is 358 g/mol. The lowest BCUT2D eigenvalue weighted by Crippen LogP contribution is -2.16. The van der Waals surface area contributed by atoms with E-state index in [1.54, 1.807) is 0 Å². The first-order chi connectivity index (χ1) is 11.0. The van der Waals surface area contributed by atoms with Crippen LogP contribution in [0, 0.1) is 11.8 Å². The van der Waals surface area contributed by atoms with Crippen LogP contribution in [0.2, 0.25) is 0 Å². The van der Waals surface area contributed by atoms with Gasteiger partial charge in [-0.2, -0.15) is 8.42 Å². The molecule has 0 heterocycles. The van der Waals surface area contributed by atoms with E-state index in [-0.39, 0.29) is 36.2 Å². The summed E-state index contributed by atoms with van der Waals surface area (Å²) in [4.78, 5) is 23.2. The largest absolute Gasteiger partial charge is 0.462 e. The predicted molar refractivity (Wildman–Crippen MR) is 86.5 cm³/mol. The molecule has 0 fully saturated rings. The van der Waals surface area contributed by atoms with Crippen LogP contribution < -0.4 is 0 Å². The second-order valence-electron chi connectivity index (χ2n) is 6.17. The maximum absolute atomic E-state index is 12.0. The van der Waals surface area contributed by atoms with Crippen molar-refractivity contribution in [3.05, 3.63) is 29.3 Å². The molecule has 0 saturated heterocycles. The van der Waals surface area contributed by atoms with Crippen LogP contribution in [-0.2, 0) is 19.6 Å². The summed E-state index contributed by atoms with van der Waals surface area (Å²) in [5.74, 6) is -1.46. The highest BCUT2D eigenvalue weighted by atomic mass is 32.2. The Kier molecular flexibility index (Phi) is 6.92. The average Bonchev–Trinajstić information content (AvgIpc) is 2.48. The van der Waals surface area contributed by atoms with E-state index < -0.39 is 27.0 Å². The molecule has 1 rings (SSSR count). The lowest BCUT2D eigenvalue weighted by Gasteiger charge is -2.11. The number of carbonyl (C=O) groups is 2. The maximum Gasteiger partial charge on any atom is 0.339 e.